The molecule has 642 valence electrons. The number of ether oxygens (including phenoxy) is 6. The summed E-state index contributed by atoms with van der Waals surface area (Å²) in [6, 6.07) is 42.0. The molecule has 29 heteroatoms. The van der Waals surface area contributed by atoms with Crippen molar-refractivity contribution in [3.63, 3.8) is 0 Å². The van der Waals surface area contributed by atoms with Crippen LogP contribution in [0.5, 0.6) is 28.7 Å². The maximum atomic E-state index is 15.0. The molecule has 28 nitrogen and oxygen atoms in total. The van der Waals surface area contributed by atoms with Crippen molar-refractivity contribution in [1.29, 1.82) is 5.26 Å². The molecule has 9 atom stereocenters. The van der Waals surface area contributed by atoms with Crippen molar-refractivity contribution in [1.82, 2.24) is 30.4 Å². The monoisotopic (exact) mass is 1670 g/mol. The Morgan fingerprint density at radius 1 is 0.620 bits per heavy atom. The molecule has 2 aliphatic rings. The van der Waals surface area contributed by atoms with E-state index in [1.807, 2.05) is 91.0 Å². The van der Waals surface area contributed by atoms with Gasteiger partial charge in [-0.2, -0.15) is 18.8 Å². The van der Waals surface area contributed by atoms with Crippen LogP contribution in [0, 0.1) is 42.9 Å². The maximum Gasteiger partial charge on any atom is 0.410 e. The number of rotatable bonds is 27. The lowest BCUT2D eigenvalue weighted by atomic mass is 9.86. The minimum absolute atomic E-state index is 0. The van der Waals surface area contributed by atoms with Crippen molar-refractivity contribution in [3.8, 4) is 68.5 Å². The third kappa shape index (κ3) is 24.7. The number of hydrogen-bond donors (Lipinski definition) is 8. The number of carbonyl (C=O) groups excluding carboxylic acids is 9. The first-order valence-corrected chi connectivity index (χ1v) is 39.8. The number of phenols is 1. The number of ketones is 4. The molecule has 11 N–H and O–H groups in total. The molecule has 0 spiro atoms. The number of fused-ring (bicyclic) bond motifs is 10. The summed E-state index contributed by atoms with van der Waals surface area (Å²) in [6.07, 6.45) is -3.94. The first kappa shape index (κ1) is 94.6. The molecule has 4 amide bonds. The van der Waals surface area contributed by atoms with Gasteiger partial charge in [0, 0.05) is 111 Å². The number of aliphatic hydroxyl groups is 2. The number of aliphatic hydroxyl groups excluding tert-OH is 2. The predicted octanol–water partition coefficient (Wildman–Crippen LogP) is 10.2. The van der Waals surface area contributed by atoms with Crippen molar-refractivity contribution < 1.29 is 86.9 Å². The van der Waals surface area contributed by atoms with Crippen LogP contribution in [-0.4, -0.2) is 173 Å². The minimum Gasteiger partial charge on any atom is -0.507 e. The number of nitrogens with one attached hydrogen (secondary N) is 2. The molecule has 0 fully saturated rings. The van der Waals surface area contributed by atoms with Gasteiger partial charge in [-0.05, 0) is 126 Å². The molecule has 7 aromatic carbocycles. The number of aromatic hydroxyl groups is 1. The third-order valence-electron chi connectivity index (χ3n) is 21.1. The number of methoxy groups -OCH3 is 2. The van der Waals surface area contributed by atoms with Crippen molar-refractivity contribution in [3.05, 3.63) is 208 Å². The lowest BCUT2D eigenvalue weighted by molar-refractivity contribution is -0.145. The molecule has 8 aromatic rings. The zero-order valence-corrected chi connectivity index (χ0v) is 71.2. The van der Waals surface area contributed by atoms with Crippen LogP contribution < -0.4 is 46.8 Å². The second kappa shape index (κ2) is 43.9. The van der Waals surface area contributed by atoms with E-state index >= 15 is 9.59 Å². The number of likely N-dealkylation sites (N-methyl/N-ethyl adjacent to an activating group) is 2. The number of benzene rings is 7. The lowest BCUT2D eigenvalue weighted by Crippen LogP contribution is -2.46. The van der Waals surface area contributed by atoms with Crippen LogP contribution in [0.2, 0.25) is 0 Å². The molecule has 121 heavy (non-hydrogen) atoms. The Hall–Kier alpha value is -11.9. The quantitative estimate of drug-likeness (QED) is 0.0175. The van der Waals surface area contributed by atoms with Gasteiger partial charge in [0.2, 0.25) is 17.7 Å². The standard InChI is InChI=1S/C54H70N8O10.C38H38N2O8.H2S/c1-30-20-45(67)49(62(7)53(69)35(17-19-56)24-44(66)48-31(2)59-51(60-32(48)3)34-12-14-37(15-13-34)54(4,5)6)36-23-41(50(70-8)47(25-36)72-29-39(64)27-58)40-21-33(11-16-46(40)71-28-38(63)26-57)22-42(61-52(30)68)43(65)10-9-18-55;1-24-18-33(42)35(40(2)38(45)48-23-26-12-8-5-9-13-26)28-15-16-32(41)29(21-28)30-19-27(20-31(37(44)46-3)39-36(24)43)14-17-34(30)47-22-25-10-6-4-7-11-25;/h11-16,21,23,25,30,35,38-39,42,49,63-64H,9-10,17,19-20,22,24,26-29,56-58H2,1-8H3,(H,61,68);4-17,19,21,24,31,35,41H,18,20,22-23H2,1-3H3,(H,39,43);1H2/t30-,35-,38-,39-,42+,49+;24-,31+,35+;/m11./s1. The van der Waals surface area contributed by atoms with Gasteiger partial charge in [-0.25, -0.2) is 19.6 Å². The van der Waals surface area contributed by atoms with E-state index in [1.165, 1.54) is 57.2 Å². The Kier molecular flexibility index (Phi) is 34.3. The van der Waals surface area contributed by atoms with E-state index in [-0.39, 0.29) is 144 Å². The summed E-state index contributed by atoms with van der Waals surface area (Å²) in [5, 5.41) is 47.1. The first-order chi connectivity index (χ1) is 57.3. The average molecular weight is 1680 g/mol. The molecule has 3 heterocycles. The van der Waals surface area contributed by atoms with E-state index in [1.54, 1.807) is 75.4 Å². The average Bonchev–Trinajstić information content (AvgIpc) is 0.741. The van der Waals surface area contributed by atoms with Crippen LogP contribution in [0.15, 0.2) is 152 Å². The van der Waals surface area contributed by atoms with Crippen molar-refractivity contribution in [2.45, 2.75) is 155 Å². The van der Waals surface area contributed by atoms with Crippen LogP contribution in [0.1, 0.15) is 146 Å². The molecule has 0 unspecified atom stereocenters. The Bertz CT molecular complexity index is 5020. The third-order valence-corrected chi connectivity index (χ3v) is 21.1. The first-order valence-electron chi connectivity index (χ1n) is 39.8. The number of esters is 1. The highest BCUT2D eigenvalue weighted by Crippen LogP contribution is 2.47. The Balaban J connectivity index is 0.000000322. The fourth-order valence-corrected chi connectivity index (χ4v) is 14.4. The van der Waals surface area contributed by atoms with Gasteiger partial charge in [-0.3, -0.25) is 38.5 Å². The molecule has 8 bridgehead atoms. The summed E-state index contributed by atoms with van der Waals surface area (Å²) in [4.78, 5) is 137. The summed E-state index contributed by atoms with van der Waals surface area (Å²) in [6.45, 7) is 12.4. The number of aryl methyl sites for hydroxylation is 2. The number of Topliss-reactive ketones (excluding diaryl/α,β-unsaturated/α-hetero) is 4. The fraction of sp³-hybridized carbons (Fsp3) is 0.391. The summed E-state index contributed by atoms with van der Waals surface area (Å²) in [5.74, 6) is -5.87. The Labute approximate surface area is 712 Å². The largest absolute Gasteiger partial charge is 0.507 e. The highest BCUT2D eigenvalue weighted by Gasteiger charge is 2.39. The number of amides is 4. The van der Waals surface area contributed by atoms with Gasteiger partial charge in [0.15, 0.2) is 40.5 Å². The fourth-order valence-electron chi connectivity index (χ4n) is 14.4. The molecule has 1 aromatic heterocycles. The van der Waals surface area contributed by atoms with Crippen LogP contribution in [-0.2, 0) is 74.5 Å². The lowest BCUT2D eigenvalue weighted by Gasteiger charge is -2.32. The highest BCUT2D eigenvalue weighted by molar-refractivity contribution is 7.59. The molecular weight excluding hydrogens is 1570 g/mol. The Morgan fingerprint density at radius 2 is 1.14 bits per heavy atom. The van der Waals surface area contributed by atoms with E-state index < -0.39 is 113 Å². The Morgan fingerprint density at radius 3 is 1.68 bits per heavy atom. The van der Waals surface area contributed by atoms with Gasteiger partial charge in [0.05, 0.1) is 43.3 Å². The molecule has 0 saturated carbocycles. The number of phenolic OH excluding ortho intramolecular Hbond substituents is 1. The van der Waals surface area contributed by atoms with Gasteiger partial charge in [0.25, 0.3) is 0 Å². The van der Waals surface area contributed by atoms with E-state index in [0.717, 1.165) is 22.3 Å². The smallest absolute Gasteiger partial charge is 0.410 e. The normalized spacial score (nSPS) is 17.4. The van der Waals surface area contributed by atoms with Gasteiger partial charge in [-0.15, -0.1) is 0 Å². The van der Waals surface area contributed by atoms with Crippen LogP contribution in [0.3, 0.4) is 0 Å². The maximum absolute atomic E-state index is 15.0. The SMILES string of the molecule is COC(=O)[C@@H]1Cc2ccc(OCc3ccccc3)c(c2)-c2cc(ccc2O)[C@H](N(C)C(=O)OCc2ccccc2)C(=O)C[C@@H](C)C(=O)N1.COc1c(OC[C@H](O)CN)cc2cc1-c1cc(ccc1OC[C@H](O)CN)C[C@@H](C(=O)CCC#N)NC(=O)[C@H](C)CC(=O)[C@H]2N(C)C(=O)[C@H](CCN)CC(=O)c1c(C)nc(-c2ccc(C(C)(C)C)cc2)nc1C.S. The van der Waals surface area contributed by atoms with Crippen LogP contribution in [0.25, 0.3) is 33.6 Å². The molecule has 2 aliphatic heterocycles. The van der Waals surface area contributed by atoms with Crippen molar-refractivity contribution in [2.24, 2.45) is 35.0 Å². The summed E-state index contributed by atoms with van der Waals surface area (Å²) in [5.41, 5.74) is 25.6. The van der Waals surface area contributed by atoms with Crippen LogP contribution in [0.4, 0.5) is 4.79 Å². The second-order valence-electron chi connectivity index (χ2n) is 31.3. The van der Waals surface area contributed by atoms with Gasteiger partial charge in [0.1, 0.15) is 74.0 Å². The van der Waals surface area contributed by atoms with E-state index in [2.05, 4.69) is 31.4 Å². The van der Waals surface area contributed by atoms with E-state index in [0.29, 0.717) is 61.9 Å². The molecule has 10 rings (SSSR count). The number of hydrogen-bond acceptors (Lipinski definition) is 24. The van der Waals surface area contributed by atoms with Gasteiger partial charge < -0.3 is 76.5 Å². The van der Waals surface area contributed by atoms with E-state index in [9.17, 15) is 54.1 Å². The number of carbonyl (C=O) groups is 9. The molecular formula is C92H110N10O18S. The zero-order valence-electron chi connectivity index (χ0n) is 70.2. The molecule has 0 aliphatic carbocycles. The summed E-state index contributed by atoms with van der Waals surface area (Å²) < 4.78 is 35.1. The second-order valence-corrected chi connectivity index (χ2v) is 31.3. The highest BCUT2D eigenvalue weighted by atomic mass is 32.1. The van der Waals surface area contributed by atoms with Crippen LogP contribution >= 0.6 is 13.5 Å². The molecule has 0 radical (unpaired) electrons. The number of nitrogens with two attached hydrogens (primary N) is 3. The minimum atomic E-state index is -1.44. The van der Waals surface area contributed by atoms with Gasteiger partial charge in [-0.1, -0.05) is 138 Å². The topological polar surface area (TPSA) is 428 Å². The van der Waals surface area contributed by atoms with Crippen molar-refractivity contribution in [2.75, 3.05) is 61.2 Å². The zero-order chi connectivity index (χ0) is 87.2. The number of nitrogens with zero attached hydrogens (tertiary/aromatic N) is 5. The summed E-state index contributed by atoms with van der Waals surface area (Å²) in [7, 11) is 5.52. The summed E-state index contributed by atoms with van der Waals surface area (Å²) >= 11 is 0. The molecule has 0 saturated heterocycles. The van der Waals surface area contributed by atoms with Gasteiger partial charge >= 0.3 is 12.1 Å². The number of aromatic nitrogens is 2. The van der Waals surface area contributed by atoms with Crippen molar-refractivity contribution >= 4 is 66.4 Å². The number of nitriles is 1. The van der Waals surface area contributed by atoms with E-state index in [4.69, 9.17) is 55.6 Å². The predicted molar refractivity (Wildman–Crippen MR) is 459 cm³/mol.